The highest BCUT2D eigenvalue weighted by molar-refractivity contribution is 7.99. The molecule has 2 unspecified atom stereocenters. The fourth-order valence-corrected chi connectivity index (χ4v) is 5.49. The lowest BCUT2D eigenvalue weighted by Gasteiger charge is -2.37. The van der Waals surface area contributed by atoms with Crippen molar-refractivity contribution in [2.75, 3.05) is 69.6 Å². The van der Waals surface area contributed by atoms with E-state index in [1.54, 1.807) is 6.26 Å². The van der Waals surface area contributed by atoms with Gasteiger partial charge in [-0.15, -0.1) is 11.8 Å². The third kappa shape index (κ3) is 4.02. The van der Waals surface area contributed by atoms with Gasteiger partial charge in [0.25, 0.3) is 0 Å². The minimum absolute atomic E-state index is 0.00878. The number of morpholine rings is 1. The summed E-state index contributed by atoms with van der Waals surface area (Å²) < 4.78 is 11.5. The van der Waals surface area contributed by atoms with Crippen LogP contribution in [0.5, 0.6) is 0 Å². The smallest absolute Gasteiger partial charge is 0.124 e. The zero-order valence-electron chi connectivity index (χ0n) is 16.5. The Labute approximate surface area is 175 Å². The van der Waals surface area contributed by atoms with Gasteiger partial charge in [-0.25, -0.2) is 0 Å². The summed E-state index contributed by atoms with van der Waals surface area (Å²) in [6.45, 7) is 8.27. The maximum Gasteiger partial charge on any atom is 0.124 e. The molecule has 3 saturated heterocycles. The molecule has 3 fully saturated rings. The van der Waals surface area contributed by atoms with Crippen LogP contribution in [-0.2, 0) is 4.74 Å². The van der Waals surface area contributed by atoms with Gasteiger partial charge in [-0.3, -0.25) is 4.98 Å². The van der Waals surface area contributed by atoms with E-state index in [1.807, 2.05) is 24.0 Å². The fraction of sp³-hybridized carbons (Fsp3) is 0.600. The van der Waals surface area contributed by atoms with Gasteiger partial charge in [0.05, 0.1) is 29.3 Å². The first kappa shape index (κ1) is 19.3. The highest BCUT2D eigenvalue weighted by Gasteiger charge is 2.33. The summed E-state index contributed by atoms with van der Waals surface area (Å²) >= 11 is 1.99. The number of rotatable bonds is 4. The Kier molecular flexibility index (Phi) is 6.00. The SMILES string of the molecule is c1cc(-c2cnc(C3CNCCS3)c(C3CNCCO3)c2N2CCNCC2)no1. The van der Waals surface area contributed by atoms with Crippen LogP contribution in [0.4, 0.5) is 5.69 Å². The van der Waals surface area contributed by atoms with Crippen molar-refractivity contribution in [1.82, 2.24) is 26.1 Å². The van der Waals surface area contributed by atoms with Gasteiger partial charge in [0.1, 0.15) is 12.0 Å². The van der Waals surface area contributed by atoms with Gasteiger partial charge < -0.3 is 30.1 Å². The number of aromatic nitrogens is 2. The third-order valence-corrected chi connectivity index (χ3v) is 6.98. The standard InChI is InChI=1S/C20H28N6O2S/c1-8-28-25-15(1)14-11-24-19(17-13-23-5-10-29-17)18(16-12-22-4-9-27-16)20(14)26-6-2-21-3-7-26/h1,8,11,16-17,21-23H,2-7,9-10,12-13H2. The Morgan fingerprint density at radius 1 is 1.07 bits per heavy atom. The average Bonchev–Trinajstić information content (AvgIpc) is 3.35. The Morgan fingerprint density at radius 3 is 2.69 bits per heavy atom. The lowest BCUT2D eigenvalue weighted by Crippen LogP contribution is -2.45. The monoisotopic (exact) mass is 416 g/mol. The van der Waals surface area contributed by atoms with Crippen molar-refractivity contribution in [2.24, 2.45) is 0 Å². The van der Waals surface area contributed by atoms with E-state index in [0.29, 0.717) is 5.25 Å². The van der Waals surface area contributed by atoms with Gasteiger partial charge in [0.2, 0.25) is 0 Å². The van der Waals surface area contributed by atoms with Crippen LogP contribution in [0.2, 0.25) is 0 Å². The summed E-state index contributed by atoms with van der Waals surface area (Å²) in [6, 6.07) is 1.92. The molecule has 0 spiro atoms. The molecule has 29 heavy (non-hydrogen) atoms. The number of hydrogen-bond acceptors (Lipinski definition) is 9. The Balaban J connectivity index is 1.67. The van der Waals surface area contributed by atoms with Gasteiger partial charge in [0.15, 0.2) is 0 Å². The van der Waals surface area contributed by atoms with E-state index in [1.165, 1.54) is 11.3 Å². The van der Waals surface area contributed by atoms with Crippen molar-refractivity contribution >= 4 is 17.4 Å². The first-order valence-electron chi connectivity index (χ1n) is 10.5. The van der Waals surface area contributed by atoms with Crippen molar-refractivity contribution in [3.8, 4) is 11.3 Å². The molecule has 0 aliphatic carbocycles. The molecule has 2 aromatic heterocycles. The average molecular weight is 417 g/mol. The molecule has 0 radical (unpaired) electrons. The molecule has 3 N–H and O–H groups in total. The molecule has 0 amide bonds. The molecular weight excluding hydrogens is 388 g/mol. The molecule has 0 bridgehead atoms. The van der Waals surface area contributed by atoms with Gasteiger partial charge in [0, 0.05) is 81.5 Å². The first-order valence-corrected chi connectivity index (χ1v) is 11.5. The van der Waals surface area contributed by atoms with Crippen LogP contribution in [0.1, 0.15) is 22.6 Å². The fourth-order valence-electron chi connectivity index (χ4n) is 4.37. The lowest BCUT2D eigenvalue weighted by atomic mass is 9.96. The van der Waals surface area contributed by atoms with Crippen LogP contribution >= 0.6 is 11.8 Å². The summed E-state index contributed by atoms with van der Waals surface area (Å²) in [5.74, 6) is 1.10. The first-order chi connectivity index (χ1) is 14.4. The zero-order valence-corrected chi connectivity index (χ0v) is 17.3. The molecule has 0 saturated carbocycles. The summed E-state index contributed by atoms with van der Waals surface area (Å²) in [5, 5.41) is 15.1. The second-order valence-corrected chi connectivity index (χ2v) is 8.88. The predicted molar refractivity (Wildman–Crippen MR) is 114 cm³/mol. The predicted octanol–water partition coefficient (Wildman–Crippen LogP) is 1.18. The second-order valence-electron chi connectivity index (χ2n) is 7.57. The van der Waals surface area contributed by atoms with Gasteiger partial charge >= 0.3 is 0 Å². The number of pyridine rings is 1. The molecule has 3 aliphatic rings. The van der Waals surface area contributed by atoms with E-state index < -0.39 is 0 Å². The molecular formula is C20H28N6O2S. The molecule has 8 nitrogen and oxygen atoms in total. The van der Waals surface area contributed by atoms with Crippen LogP contribution in [0.15, 0.2) is 23.0 Å². The Bertz CT molecular complexity index is 800. The number of piperazine rings is 1. The van der Waals surface area contributed by atoms with E-state index in [9.17, 15) is 0 Å². The molecule has 156 valence electrons. The summed E-state index contributed by atoms with van der Waals surface area (Å²) in [7, 11) is 0. The summed E-state index contributed by atoms with van der Waals surface area (Å²) in [6.07, 6.45) is 3.61. The van der Waals surface area contributed by atoms with Crippen LogP contribution in [0.25, 0.3) is 11.3 Å². The highest BCUT2D eigenvalue weighted by atomic mass is 32.2. The van der Waals surface area contributed by atoms with Crippen LogP contribution < -0.4 is 20.9 Å². The van der Waals surface area contributed by atoms with Crippen molar-refractivity contribution < 1.29 is 9.26 Å². The Morgan fingerprint density at radius 2 is 1.97 bits per heavy atom. The number of nitrogens with zero attached hydrogens (tertiary/aromatic N) is 3. The third-order valence-electron chi connectivity index (χ3n) is 5.75. The molecule has 3 aliphatic heterocycles. The number of hydrogen-bond donors (Lipinski definition) is 3. The van der Waals surface area contributed by atoms with Crippen molar-refractivity contribution in [1.29, 1.82) is 0 Å². The minimum atomic E-state index is -0.00878. The lowest BCUT2D eigenvalue weighted by molar-refractivity contribution is 0.0271. The maximum absolute atomic E-state index is 6.28. The summed E-state index contributed by atoms with van der Waals surface area (Å²) in [5.41, 5.74) is 5.45. The normalized spacial score (nSPS) is 25.9. The number of anilines is 1. The van der Waals surface area contributed by atoms with Crippen molar-refractivity contribution in [3.63, 3.8) is 0 Å². The van der Waals surface area contributed by atoms with Crippen molar-refractivity contribution in [3.05, 3.63) is 29.8 Å². The quantitative estimate of drug-likeness (QED) is 0.680. The number of thioether (sulfide) groups is 1. The molecule has 5 rings (SSSR count). The highest BCUT2D eigenvalue weighted by Crippen LogP contribution is 2.43. The number of nitrogens with one attached hydrogen (secondary N) is 3. The molecule has 0 aromatic carbocycles. The summed E-state index contributed by atoms with van der Waals surface area (Å²) in [4.78, 5) is 7.47. The Hall–Kier alpha value is -1.65. The largest absolute Gasteiger partial charge is 0.371 e. The zero-order chi connectivity index (χ0) is 19.5. The van der Waals surface area contributed by atoms with Crippen molar-refractivity contribution in [2.45, 2.75) is 11.4 Å². The van der Waals surface area contributed by atoms with Gasteiger partial charge in [-0.05, 0) is 0 Å². The number of ether oxygens (including phenoxy) is 1. The van der Waals surface area contributed by atoms with E-state index >= 15 is 0 Å². The van der Waals surface area contributed by atoms with Gasteiger partial charge in [-0.2, -0.15) is 0 Å². The molecule has 2 aromatic rings. The topological polar surface area (TPSA) is 87.5 Å². The molecule has 5 heterocycles. The molecule has 9 heteroatoms. The van der Waals surface area contributed by atoms with Crippen LogP contribution in [0, 0.1) is 0 Å². The minimum Gasteiger partial charge on any atom is -0.371 e. The second kappa shape index (κ2) is 9.01. The van der Waals surface area contributed by atoms with E-state index in [-0.39, 0.29) is 6.10 Å². The van der Waals surface area contributed by atoms with E-state index in [4.69, 9.17) is 14.2 Å². The van der Waals surface area contributed by atoms with E-state index in [2.05, 4.69) is 26.0 Å². The van der Waals surface area contributed by atoms with Crippen LogP contribution in [-0.4, -0.2) is 74.9 Å². The van der Waals surface area contributed by atoms with Gasteiger partial charge in [-0.1, -0.05) is 5.16 Å². The molecule has 2 atom stereocenters. The van der Waals surface area contributed by atoms with E-state index in [0.717, 1.165) is 81.7 Å². The maximum atomic E-state index is 6.28. The van der Waals surface area contributed by atoms with Crippen LogP contribution in [0.3, 0.4) is 0 Å².